The molecule has 1 aromatic heterocycles. The van der Waals surface area contributed by atoms with Gasteiger partial charge in [-0.15, -0.1) is 0 Å². The molecule has 0 spiro atoms. The summed E-state index contributed by atoms with van der Waals surface area (Å²) in [6, 6.07) is 5.17. The number of hydrogen-bond donors (Lipinski definition) is 0. The van der Waals surface area contributed by atoms with E-state index in [4.69, 9.17) is 0 Å². The Morgan fingerprint density at radius 2 is 1.77 bits per heavy atom. The van der Waals surface area contributed by atoms with Gasteiger partial charge in [0, 0.05) is 20.1 Å². The van der Waals surface area contributed by atoms with Gasteiger partial charge in [0.05, 0.1) is 5.69 Å². The molecular weight excluding hydrogens is 339 g/mol. The van der Waals surface area contributed by atoms with Crippen molar-refractivity contribution in [2.45, 2.75) is 38.1 Å². The van der Waals surface area contributed by atoms with Gasteiger partial charge < -0.3 is 4.90 Å². The zero-order valence-electron chi connectivity index (χ0n) is 14.8. The number of nitrogens with zero attached hydrogens (tertiary/aromatic N) is 4. The molecular formula is C18H21FN4O3. The third kappa shape index (κ3) is 3.31. The van der Waals surface area contributed by atoms with Crippen molar-refractivity contribution in [2.75, 3.05) is 7.05 Å². The average Bonchev–Trinajstić information content (AvgIpc) is 2.67. The molecule has 1 fully saturated rings. The Morgan fingerprint density at radius 1 is 1.15 bits per heavy atom. The Bertz CT molecular complexity index is 927. The summed E-state index contributed by atoms with van der Waals surface area (Å²) in [5.41, 5.74) is -1.47. The largest absolute Gasteiger partial charge is 0.351 e. The van der Waals surface area contributed by atoms with Crippen LogP contribution in [0.25, 0.3) is 5.69 Å². The first kappa shape index (κ1) is 18.0. The highest BCUT2D eigenvalue weighted by Gasteiger charge is 2.27. The fourth-order valence-electron chi connectivity index (χ4n) is 3.26. The number of amides is 1. The SMILES string of the molecule is CN(C(=O)c1nn(-c2ccc(F)cc2)c(=O)n(C)c1=O)C1CCCCC1. The lowest BCUT2D eigenvalue weighted by atomic mass is 9.94. The fraction of sp³-hybridized carbons (Fsp3) is 0.444. The maximum atomic E-state index is 13.1. The molecule has 1 aliphatic carbocycles. The molecule has 138 valence electrons. The number of benzene rings is 1. The van der Waals surface area contributed by atoms with Gasteiger partial charge in [-0.1, -0.05) is 19.3 Å². The standard InChI is InChI=1S/C18H21FN4O3/c1-21(13-6-4-3-5-7-13)16(24)15-17(25)22(2)18(26)23(20-15)14-10-8-12(19)9-11-14/h8-11,13H,3-7H2,1-2H3. The molecule has 0 N–H and O–H groups in total. The van der Waals surface area contributed by atoms with Crippen molar-refractivity contribution >= 4 is 5.91 Å². The van der Waals surface area contributed by atoms with Gasteiger partial charge in [-0.25, -0.2) is 9.18 Å². The monoisotopic (exact) mass is 360 g/mol. The third-order valence-corrected chi connectivity index (χ3v) is 4.89. The predicted octanol–water partition coefficient (Wildman–Crippen LogP) is 1.47. The minimum atomic E-state index is -0.735. The molecule has 1 heterocycles. The van der Waals surface area contributed by atoms with Crippen molar-refractivity contribution in [1.29, 1.82) is 0 Å². The maximum absolute atomic E-state index is 13.1. The minimum Gasteiger partial charge on any atom is -0.337 e. The van der Waals surface area contributed by atoms with Crippen molar-refractivity contribution in [1.82, 2.24) is 19.2 Å². The van der Waals surface area contributed by atoms with Crippen LogP contribution in [-0.4, -0.2) is 38.2 Å². The van der Waals surface area contributed by atoms with Gasteiger partial charge in [0.15, 0.2) is 0 Å². The second-order valence-corrected chi connectivity index (χ2v) is 6.59. The summed E-state index contributed by atoms with van der Waals surface area (Å²) in [7, 11) is 2.95. The van der Waals surface area contributed by atoms with E-state index in [0.29, 0.717) is 0 Å². The Labute approximate surface area is 149 Å². The number of halogens is 1. The number of carbonyl (C=O) groups is 1. The van der Waals surface area contributed by atoms with E-state index in [-0.39, 0.29) is 17.4 Å². The summed E-state index contributed by atoms with van der Waals surface area (Å²) >= 11 is 0. The van der Waals surface area contributed by atoms with E-state index in [0.717, 1.165) is 41.4 Å². The van der Waals surface area contributed by atoms with Gasteiger partial charge >= 0.3 is 5.69 Å². The van der Waals surface area contributed by atoms with Crippen molar-refractivity contribution in [3.8, 4) is 5.69 Å². The van der Waals surface area contributed by atoms with Crippen LogP contribution in [0.3, 0.4) is 0 Å². The zero-order valence-corrected chi connectivity index (χ0v) is 14.8. The molecule has 0 atom stereocenters. The normalized spacial score (nSPS) is 15.0. The van der Waals surface area contributed by atoms with E-state index in [1.807, 2.05) is 0 Å². The molecule has 0 bridgehead atoms. The highest BCUT2D eigenvalue weighted by Crippen LogP contribution is 2.22. The lowest BCUT2D eigenvalue weighted by Gasteiger charge is -2.30. The van der Waals surface area contributed by atoms with Gasteiger partial charge in [0.2, 0.25) is 5.69 Å². The number of hydrogen-bond acceptors (Lipinski definition) is 4. The molecule has 8 heteroatoms. The number of rotatable bonds is 3. The molecule has 26 heavy (non-hydrogen) atoms. The first-order valence-corrected chi connectivity index (χ1v) is 8.63. The molecule has 0 aliphatic heterocycles. The Kier molecular flexibility index (Phi) is 5.01. The number of aromatic nitrogens is 3. The van der Waals surface area contributed by atoms with E-state index >= 15 is 0 Å². The Morgan fingerprint density at radius 3 is 2.38 bits per heavy atom. The molecule has 1 amide bonds. The van der Waals surface area contributed by atoms with Crippen LogP contribution in [0, 0.1) is 5.82 Å². The van der Waals surface area contributed by atoms with Crippen LogP contribution in [0.5, 0.6) is 0 Å². The first-order valence-electron chi connectivity index (χ1n) is 8.63. The predicted molar refractivity (Wildman–Crippen MR) is 94.0 cm³/mol. The summed E-state index contributed by atoms with van der Waals surface area (Å²) in [5.74, 6) is -0.965. The average molecular weight is 360 g/mol. The summed E-state index contributed by atoms with van der Waals surface area (Å²) in [6.45, 7) is 0. The van der Waals surface area contributed by atoms with Crippen LogP contribution >= 0.6 is 0 Å². The Balaban J connectivity index is 2.04. The van der Waals surface area contributed by atoms with Gasteiger partial charge in [0.1, 0.15) is 5.82 Å². The van der Waals surface area contributed by atoms with E-state index in [9.17, 15) is 18.8 Å². The van der Waals surface area contributed by atoms with Crippen molar-refractivity contribution in [2.24, 2.45) is 7.05 Å². The number of carbonyl (C=O) groups excluding carboxylic acids is 1. The zero-order chi connectivity index (χ0) is 18.8. The summed E-state index contributed by atoms with van der Waals surface area (Å²) in [5, 5.41) is 4.01. The van der Waals surface area contributed by atoms with Gasteiger partial charge in [0.25, 0.3) is 11.5 Å². The minimum absolute atomic E-state index is 0.0638. The Hall–Kier alpha value is -2.77. The molecule has 0 unspecified atom stereocenters. The third-order valence-electron chi connectivity index (χ3n) is 4.89. The van der Waals surface area contributed by atoms with Crippen LogP contribution in [0.1, 0.15) is 42.6 Å². The molecule has 2 aromatic rings. The van der Waals surface area contributed by atoms with E-state index < -0.39 is 23.0 Å². The molecule has 3 rings (SSSR count). The van der Waals surface area contributed by atoms with Crippen molar-refractivity contribution < 1.29 is 9.18 Å². The van der Waals surface area contributed by atoms with Crippen LogP contribution in [0.4, 0.5) is 4.39 Å². The van der Waals surface area contributed by atoms with E-state index in [1.165, 1.54) is 31.3 Å². The highest BCUT2D eigenvalue weighted by molar-refractivity contribution is 5.91. The van der Waals surface area contributed by atoms with Gasteiger partial charge in [-0.3, -0.25) is 14.2 Å². The van der Waals surface area contributed by atoms with Crippen LogP contribution in [-0.2, 0) is 7.05 Å². The molecule has 1 aromatic carbocycles. The van der Waals surface area contributed by atoms with Gasteiger partial charge in [-0.05, 0) is 37.1 Å². The topological polar surface area (TPSA) is 77.2 Å². The molecule has 0 saturated heterocycles. The lowest BCUT2D eigenvalue weighted by molar-refractivity contribution is 0.0685. The van der Waals surface area contributed by atoms with Crippen LogP contribution < -0.4 is 11.2 Å². The molecule has 7 nitrogen and oxygen atoms in total. The van der Waals surface area contributed by atoms with Gasteiger partial charge in [-0.2, -0.15) is 9.78 Å². The first-order chi connectivity index (χ1) is 12.4. The van der Waals surface area contributed by atoms with E-state index in [2.05, 4.69) is 5.10 Å². The second kappa shape index (κ2) is 7.23. The quantitative estimate of drug-likeness (QED) is 0.831. The van der Waals surface area contributed by atoms with Crippen molar-refractivity contribution in [3.63, 3.8) is 0 Å². The van der Waals surface area contributed by atoms with Crippen LogP contribution in [0.15, 0.2) is 33.9 Å². The lowest BCUT2D eigenvalue weighted by Crippen LogP contribution is -2.47. The molecule has 1 aliphatic rings. The molecule has 0 radical (unpaired) electrons. The summed E-state index contributed by atoms with van der Waals surface area (Å²) in [6.07, 6.45) is 5.01. The smallest absolute Gasteiger partial charge is 0.337 e. The van der Waals surface area contributed by atoms with E-state index in [1.54, 1.807) is 11.9 Å². The molecule has 1 saturated carbocycles. The fourth-order valence-corrected chi connectivity index (χ4v) is 3.26. The second-order valence-electron chi connectivity index (χ2n) is 6.59. The maximum Gasteiger partial charge on any atom is 0.351 e. The van der Waals surface area contributed by atoms with Crippen LogP contribution in [0.2, 0.25) is 0 Å². The highest BCUT2D eigenvalue weighted by atomic mass is 19.1. The van der Waals surface area contributed by atoms with Crippen molar-refractivity contribution in [3.05, 3.63) is 56.6 Å². The summed E-state index contributed by atoms with van der Waals surface area (Å²) in [4.78, 5) is 39.2. The summed E-state index contributed by atoms with van der Waals surface area (Å²) < 4.78 is 14.9.